The lowest BCUT2D eigenvalue weighted by Crippen LogP contribution is -2.30. The fourth-order valence-corrected chi connectivity index (χ4v) is 2.31. The summed E-state index contributed by atoms with van der Waals surface area (Å²) in [6.45, 7) is 1.43. The first-order valence-corrected chi connectivity index (χ1v) is 8.27. The molecule has 0 saturated carbocycles. The van der Waals surface area contributed by atoms with Crippen LogP contribution in [0.1, 0.15) is 30.1 Å². The molecule has 1 N–H and O–H groups in total. The van der Waals surface area contributed by atoms with Crippen molar-refractivity contribution in [1.82, 2.24) is 0 Å². The van der Waals surface area contributed by atoms with E-state index in [0.29, 0.717) is 16.3 Å². The highest BCUT2D eigenvalue weighted by atomic mass is 35.5. The number of hydrogen-bond donors (Lipinski definition) is 1. The van der Waals surface area contributed by atoms with Crippen LogP contribution in [-0.2, 0) is 14.3 Å². The van der Waals surface area contributed by atoms with Crippen molar-refractivity contribution in [2.45, 2.75) is 25.9 Å². The van der Waals surface area contributed by atoms with Gasteiger partial charge in [0, 0.05) is 22.7 Å². The monoisotopic (exact) mass is 377 g/mol. The number of amides is 1. The maximum absolute atomic E-state index is 12.8. The standard InChI is InChI=1S/C19H17ClFNO4/c1-12(19(25)22-16-4-2-3-14(20)11-16)26-18(24)10-9-17(23)13-5-7-15(21)8-6-13/h2-8,11-12H,9-10H2,1H3,(H,22,25)/t12-/m0/s1. The van der Waals surface area contributed by atoms with Crippen LogP contribution in [-0.4, -0.2) is 23.8 Å². The summed E-state index contributed by atoms with van der Waals surface area (Å²) in [6, 6.07) is 11.6. The van der Waals surface area contributed by atoms with E-state index in [1.165, 1.54) is 31.2 Å². The van der Waals surface area contributed by atoms with Crippen molar-refractivity contribution in [3.8, 4) is 0 Å². The van der Waals surface area contributed by atoms with Crippen LogP contribution in [0, 0.1) is 5.82 Å². The lowest BCUT2D eigenvalue weighted by Gasteiger charge is -2.13. The molecule has 0 saturated heterocycles. The van der Waals surface area contributed by atoms with Gasteiger partial charge in [0.15, 0.2) is 11.9 Å². The van der Waals surface area contributed by atoms with Crippen molar-refractivity contribution in [2.24, 2.45) is 0 Å². The highest BCUT2D eigenvalue weighted by molar-refractivity contribution is 6.30. The number of carbonyl (C=O) groups excluding carboxylic acids is 3. The van der Waals surface area contributed by atoms with Gasteiger partial charge in [-0.15, -0.1) is 0 Å². The highest BCUT2D eigenvalue weighted by Gasteiger charge is 2.19. The molecule has 0 bridgehead atoms. The summed E-state index contributed by atoms with van der Waals surface area (Å²) < 4.78 is 17.9. The first-order chi connectivity index (χ1) is 12.3. The second-order valence-electron chi connectivity index (χ2n) is 5.56. The van der Waals surface area contributed by atoms with Crippen LogP contribution in [0.2, 0.25) is 5.02 Å². The molecule has 26 heavy (non-hydrogen) atoms. The van der Waals surface area contributed by atoms with Gasteiger partial charge in [-0.2, -0.15) is 0 Å². The average Bonchev–Trinajstić information content (AvgIpc) is 2.60. The summed E-state index contributed by atoms with van der Waals surface area (Å²) in [4.78, 5) is 35.8. The third-order valence-electron chi connectivity index (χ3n) is 3.49. The molecular weight excluding hydrogens is 361 g/mol. The maximum Gasteiger partial charge on any atom is 0.307 e. The van der Waals surface area contributed by atoms with E-state index in [0.717, 1.165) is 0 Å². The lowest BCUT2D eigenvalue weighted by molar-refractivity contribution is -0.153. The first kappa shape index (κ1) is 19.6. The molecule has 136 valence electrons. The fraction of sp³-hybridized carbons (Fsp3) is 0.211. The van der Waals surface area contributed by atoms with Gasteiger partial charge in [-0.05, 0) is 49.4 Å². The molecule has 0 radical (unpaired) electrons. The maximum atomic E-state index is 12.8. The summed E-state index contributed by atoms with van der Waals surface area (Å²) in [5.41, 5.74) is 0.794. The molecule has 5 nitrogen and oxygen atoms in total. The van der Waals surface area contributed by atoms with Gasteiger partial charge in [0.05, 0.1) is 6.42 Å². The van der Waals surface area contributed by atoms with Crippen LogP contribution in [0.15, 0.2) is 48.5 Å². The van der Waals surface area contributed by atoms with Crippen molar-refractivity contribution in [3.05, 3.63) is 64.9 Å². The van der Waals surface area contributed by atoms with Crippen molar-refractivity contribution in [3.63, 3.8) is 0 Å². The van der Waals surface area contributed by atoms with Gasteiger partial charge in [-0.1, -0.05) is 17.7 Å². The molecule has 2 aromatic rings. The van der Waals surface area contributed by atoms with Gasteiger partial charge in [0.2, 0.25) is 0 Å². The summed E-state index contributed by atoms with van der Waals surface area (Å²) >= 11 is 5.83. The quantitative estimate of drug-likeness (QED) is 0.584. The number of Topliss-reactive ketones (excluding diaryl/α,β-unsaturated/α-hetero) is 1. The second kappa shape index (κ2) is 9.10. The minimum Gasteiger partial charge on any atom is -0.453 e. The van der Waals surface area contributed by atoms with Gasteiger partial charge in [0.25, 0.3) is 5.91 Å². The smallest absolute Gasteiger partial charge is 0.307 e. The zero-order chi connectivity index (χ0) is 19.1. The Balaban J connectivity index is 1.80. The lowest BCUT2D eigenvalue weighted by atomic mass is 10.1. The zero-order valence-corrected chi connectivity index (χ0v) is 14.8. The number of hydrogen-bond acceptors (Lipinski definition) is 4. The predicted molar refractivity (Wildman–Crippen MR) is 95.6 cm³/mol. The van der Waals surface area contributed by atoms with Crippen LogP contribution in [0.5, 0.6) is 0 Å². The zero-order valence-electron chi connectivity index (χ0n) is 14.0. The Morgan fingerprint density at radius 1 is 1.12 bits per heavy atom. The molecule has 0 aromatic heterocycles. The van der Waals surface area contributed by atoms with Crippen LogP contribution >= 0.6 is 11.6 Å². The van der Waals surface area contributed by atoms with Gasteiger partial charge >= 0.3 is 5.97 Å². The SMILES string of the molecule is C[C@H](OC(=O)CCC(=O)c1ccc(F)cc1)C(=O)Nc1cccc(Cl)c1. The van der Waals surface area contributed by atoms with Crippen LogP contribution in [0.25, 0.3) is 0 Å². The van der Waals surface area contributed by atoms with Crippen LogP contribution in [0.4, 0.5) is 10.1 Å². The molecule has 1 amide bonds. The number of ether oxygens (including phenoxy) is 1. The number of esters is 1. The number of halogens is 2. The molecule has 0 aliphatic carbocycles. The molecular formula is C19H17ClFNO4. The molecule has 2 rings (SSSR count). The van der Waals surface area contributed by atoms with E-state index in [-0.39, 0.29) is 18.6 Å². The Bertz CT molecular complexity index is 807. The molecule has 0 aliphatic rings. The molecule has 7 heteroatoms. The minimum absolute atomic E-state index is 0.0902. The summed E-state index contributed by atoms with van der Waals surface area (Å²) in [5, 5.41) is 3.05. The van der Waals surface area contributed by atoms with E-state index in [2.05, 4.69) is 5.32 Å². The third-order valence-corrected chi connectivity index (χ3v) is 3.73. The van der Waals surface area contributed by atoms with Gasteiger partial charge < -0.3 is 10.1 Å². The molecule has 0 unspecified atom stereocenters. The van der Waals surface area contributed by atoms with E-state index in [1.807, 2.05) is 0 Å². The highest BCUT2D eigenvalue weighted by Crippen LogP contribution is 2.15. The van der Waals surface area contributed by atoms with Crippen molar-refractivity contribution in [1.29, 1.82) is 0 Å². The normalized spacial score (nSPS) is 11.5. The minimum atomic E-state index is -1.03. The molecule has 0 spiro atoms. The molecule has 1 atom stereocenters. The number of anilines is 1. The van der Waals surface area contributed by atoms with Gasteiger partial charge in [-0.25, -0.2) is 4.39 Å². The Kier molecular flexibility index (Phi) is 6.86. The van der Waals surface area contributed by atoms with E-state index in [4.69, 9.17) is 16.3 Å². The van der Waals surface area contributed by atoms with Crippen molar-refractivity contribution >= 4 is 34.9 Å². The Morgan fingerprint density at radius 3 is 2.46 bits per heavy atom. The molecule has 0 aliphatic heterocycles. The first-order valence-electron chi connectivity index (χ1n) is 7.90. The van der Waals surface area contributed by atoms with Gasteiger partial charge in [-0.3, -0.25) is 14.4 Å². The van der Waals surface area contributed by atoms with Crippen molar-refractivity contribution in [2.75, 3.05) is 5.32 Å². The van der Waals surface area contributed by atoms with E-state index in [1.54, 1.807) is 24.3 Å². The Hall–Kier alpha value is -2.73. The molecule has 0 fully saturated rings. The van der Waals surface area contributed by atoms with Gasteiger partial charge in [0.1, 0.15) is 5.82 Å². The Morgan fingerprint density at radius 2 is 1.81 bits per heavy atom. The Labute approximate surface area is 155 Å². The number of ketones is 1. The number of rotatable bonds is 7. The summed E-state index contributed by atoms with van der Waals surface area (Å²) in [7, 11) is 0. The largest absolute Gasteiger partial charge is 0.453 e. The number of benzene rings is 2. The number of nitrogens with one attached hydrogen (secondary N) is 1. The third kappa shape index (κ3) is 5.97. The van der Waals surface area contributed by atoms with Crippen molar-refractivity contribution < 1.29 is 23.5 Å². The second-order valence-corrected chi connectivity index (χ2v) is 6.00. The topological polar surface area (TPSA) is 72.5 Å². The van der Waals surface area contributed by atoms with E-state index < -0.39 is 23.8 Å². The summed E-state index contributed by atoms with van der Waals surface area (Å²) in [5.74, 6) is -1.93. The predicted octanol–water partition coefficient (Wildman–Crippen LogP) is 4.01. The molecule has 2 aromatic carbocycles. The van der Waals surface area contributed by atoms with Crippen LogP contribution in [0.3, 0.4) is 0 Å². The van der Waals surface area contributed by atoms with Crippen LogP contribution < -0.4 is 5.32 Å². The number of carbonyl (C=O) groups is 3. The van der Waals surface area contributed by atoms with E-state index >= 15 is 0 Å². The fourth-order valence-electron chi connectivity index (χ4n) is 2.12. The molecule has 0 heterocycles. The average molecular weight is 378 g/mol. The summed E-state index contributed by atoms with van der Waals surface area (Å²) in [6.07, 6.45) is -1.29. The van der Waals surface area contributed by atoms with E-state index in [9.17, 15) is 18.8 Å².